The molecule has 1 atom stereocenters. The van der Waals surface area contributed by atoms with Crippen molar-refractivity contribution in [3.63, 3.8) is 0 Å². The van der Waals surface area contributed by atoms with Crippen molar-refractivity contribution in [3.8, 4) is 0 Å². The van der Waals surface area contributed by atoms with Gasteiger partial charge in [-0.3, -0.25) is 10.1 Å². The molecule has 128 valence electrons. The number of nitro groups is 1. The van der Waals surface area contributed by atoms with Crippen molar-refractivity contribution < 1.29 is 4.92 Å². The summed E-state index contributed by atoms with van der Waals surface area (Å²) in [6.45, 7) is 4.50. The van der Waals surface area contributed by atoms with Crippen LogP contribution in [0.4, 0.5) is 17.2 Å². The lowest BCUT2D eigenvalue weighted by Gasteiger charge is -2.16. The van der Waals surface area contributed by atoms with Gasteiger partial charge < -0.3 is 10.6 Å². The van der Waals surface area contributed by atoms with E-state index < -0.39 is 4.92 Å². The lowest BCUT2D eigenvalue weighted by Crippen LogP contribution is -2.09. The summed E-state index contributed by atoms with van der Waals surface area (Å²) >= 11 is 0. The van der Waals surface area contributed by atoms with Crippen LogP contribution in [0.2, 0.25) is 0 Å². The highest BCUT2D eigenvalue weighted by atomic mass is 16.6. The molecule has 2 N–H and O–H groups in total. The maximum absolute atomic E-state index is 11.4. The van der Waals surface area contributed by atoms with Gasteiger partial charge in [-0.1, -0.05) is 30.3 Å². The van der Waals surface area contributed by atoms with Gasteiger partial charge in [0.1, 0.15) is 17.8 Å². The lowest BCUT2D eigenvalue weighted by atomic mass is 10.1. The second-order valence-corrected chi connectivity index (χ2v) is 5.67. The zero-order valence-electron chi connectivity index (χ0n) is 14.1. The molecule has 0 saturated carbocycles. The zero-order chi connectivity index (χ0) is 17.8. The molecule has 0 aliphatic rings. The number of benzene rings is 2. The Morgan fingerprint density at radius 2 is 1.96 bits per heavy atom. The number of hydrogen-bond acceptors (Lipinski definition) is 6. The maximum Gasteiger partial charge on any atom is 0.293 e. The summed E-state index contributed by atoms with van der Waals surface area (Å²) in [5.74, 6) is 0.576. The van der Waals surface area contributed by atoms with Crippen LogP contribution in [0.25, 0.3) is 10.9 Å². The molecule has 0 aliphatic heterocycles. The fourth-order valence-electron chi connectivity index (χ4n) is 2.72. The molecule has 1 heterocycles. The molecule has 0 bridgehead atoms. The molecule has 7 heteroatoms. The monoisotopic (exact) mass is 337 g/mol. The standard InChI is InChI=1S/C18H19N5O2/c1-3-19-16-10-15-14(9-17(16)23(24)25)18(21-11-20-15)22-12(2)13-7-5-4-6-8-13/h4-12,19H,3H2,1-2H3,(H,20,21,22). The average molecular weight is 337 g/mol. The summed E-state index contributed by atoms with van der Waals surface area (Å²) in [6, 6.07) is 13.2. The second kappa shape index (κ2) is 7.12. The van der Waals surface area contributed by atoms with Crippen molar-refractivity contribution in [3.05, 3.63) is 64.5 Å². The summed E-state index contributed by atoms with van der Waals surface area (Å²) in [4.78, 5) is 19.5. The Balaban J connectivity index is 2.04. The first-order valence-electron chi connectivity index (χ1n) is 8.08. The number of rotatable bonds is 6. The minimum atomic E-state index is -0.394. The van der Waals surface area contributed by atoms with E-state index in [9.17, 15) is 10.1 Å². The average Bonchev–Trinajstić information content (AvgIpc) is 2.62. The third-order valence-electron chi connectivity index (χ3n) is 3.97. The molecule has 3 rings (SSSR count). The predicted molar refractivity (Wildman–Crippen MR) is 98.8 cm³/mol. The minimum Gasteiger partial charge on any atom is -0.380 e. The quantitative estimate of drug-likeness (QED) is 0.518. The molecular formula is C18H19N5O2. The highest BCUT2D eigenvalue weighted by molar-refractivity contribution is 5.94. The highest BCUT2D eigenvalue weighted by Gasteiger charge is 2.18. The Bertz CT molecular complexity index is 899. The molecule has 0 fully saturated rings. The van der Waals surface area contributed by atoms with E-state index in [1.165, 1.54) is 12.4 Å². The van der Waals surface area contributed by atoms with Crippen LogP contribution >= 0.6 is 0 Å². The van der Waals surface area contributed by atoms with Crippen LogP contribution in [0.1, 0.15) is 25.5 Å². The summed E-state index contributed by atoms with van der Waals surface area (Å²) in [5.41, 5.74) is 2.23. The van der Waals surface area contributed by atoms with E-state index in [0.29, 0.717) is 29.0 Å². The Kier molecular flexibility index (Phi) is 4.74. The van der Waals surface area contributed by atoms with Crippen molar-refractivity contribution in [2.45, 2.75) is 19.9 Å². The van der Waals surface area contributed by atoms with Gasteiger partial charge in [0.05, 0.1) is 10.4 Å². The SMILES string of the molecule is CCNc1cc2ncnc(NC(C)c3ccccc3)c2cc1[N+](=O)[O-]. The second-order valence-electron chi connectivity index (χ2n) is 5.67. The number of nitrogens with zero attached hydrogens (tertiary/aromatic N) is 3. The van der Waals surface area contributed by atoms with Crippen molar-refractivity contribution in [1.29, 1.82) is 0 Å². The van der Waals surface area contributed by atoms with E-state index in [1.54, 1.807) is 6.07 Å². The summed E-state index contributed by atoms with van der Waals surface area (Å²) in [7, 11) is 0. The number of aromatic nitrogens is 2. The molecule has 0 amide bonds. The number of nitrogens with one attached hydrogen (secondary N) is 2. The summed E-state index contributed by atoms with van der Waals surface area (Å²) in [5, 5.41) is 18.4. The number of fused-ring (bicyclic) bond motifs is 1. The van der Waals surface area contributed by atoms with E-state index >= 15 is 0 Å². The van der Waals surface area contributed by atoms with Crippen LogP contribution in [-0.2, 0) is 0 Å². The third-order valence-corrected chi connectivity index (χ3v) is 3.97. The normalized spacial score (nSPS) is 11.9. The van der Waals surface area contributed by atoms with Crippen molar-refractivity contribution >= 4 is 28.1 Å². The van der Waals surface area contributed by atoms with Crippen LogP contribution in [-0.4, -0.2) is 21.4 Å². The fourth-order valence-corrected chi connectivity index (χ4v) is 2.72. The fraction of sp³-hybridized carbons (Fsp3) is 0.222. The van der Waals surface area contributed by atoms with E-state index in [4.69, 9.17) is 0 Å². The number of hydrogen-bond donors (Lipinski definition) is 2. The van der Waals surface area contributed by atoms with Gasteiger partial charge in [0.25, 0.3) is 5.69 Å². The van der Waals surface area contributed by atoms with Gasteiger partial charge in [-0.05, 0) is 25.5 Å². The molecule has 0 saturated heterocycles. The van der Waals surface area contributed by atoms with Crippen LogP contribution in [0.3, 0.4) is 0 Å². The molecule has 0 aliphatic carbocycles. The van der Waals surface area contributed by atoms with Gasteiger partial charge in [0, 0.05) is 24.0 Å². The van der Waals surface area contributed by atoms with Gasteiger partial charge >= 0.3 is 0 Å². The van der Waals surface area contributed by atoms with Crippen LogP contribution in [0.5, 0.6) is 0 Å². The van der Waals surface area contributed by atoms with Crippen LogP contribution in [0, 0.1) is 10.1 Å². The van der Waals surface area contributed by atoms with E-state index in [2.05, 4.69) is 20.6 Å². The molecular weight excluding hydrogens is 318 g/mol. The van der Waals surface area contributed by atoms with E-state index in [1.807, 2.05) is 44.2 Å². The third kappa shape index (κ3) is 3.50. The van der Waals surface area contributed by atoms with Gasteiger partial charge in [0.15, 0.2) is 0 Å². The molecule has 3 aromatic rings. The Morgan fingerprint density at radius 1 is 1.20 bits per heavy atom. The van der Waals surface area contributed by atoms with Crippen LogP contribution in [0.15, 0.2) is 48.8 Å². The molecule has 0 radical (unpaired) electrons. The number of nitro benzene ring substituents is 1. The highest BCUT2D eigenvalue weighted by Crippen LogP contribution is 2.33. The first kappa shape index (κ1) is 16.6. The minimum absolute atomic E-state index is 0.00630. The lowest BCUT2D eigenvalue weighted by molar-refractivity contribution is -0.383. The maximum atomic E-state index is 11.4. The molecule has 1 aromatic heterocycles. The Labute approximate surface area is 145 Å². The van der Waals surface area contributed by atoms with Gasteiger partial charge in [-0.2, -0.15) is 0 Å². The Hall–Kier alpha value is -3.22. The van der Waals surface area contributed by atoms with Gasteiger partial charge in [-0.15, -0.1) is 0 Å². The smallest absolute Gasteiger partial charge is 0.293 e. The van der Waals surface area contributed by atoms with Gasteiger partial charge in [0.2, 0.25) is 0 Å². The van der Waals surface area contributed by atoms with Crippen molar-refractivity contribution in [2.75, 3.05) is 17.2 Å². The molecule has 7 nitrogen and oxygen atoms in total. The topological polar surface area (TPSA) is 93.0 Å². The molecule has 25 heavy (non-hydrogen) atoms. The first-order chi connectivity index (χ1) is 12.1. The zero-order valence-corrected chi connectivity index (χ0v) is 14.1. The predicted octanol–water partition coefficient (Wildman–Crippen LogP) is 4.14. The molecule has 1 unspecified atom stereocenters. The van der Waals surface area contributed by atoms with Gasteiger partial charge in [-0.25, -0.2) is 9.97 Å². The van der Waals surface area contributed by atoms with Crippen LogP contribution < -0.4 is 10.6 Å². The molecule has 0 spiro atoms. The summed E-state index contributed by atoms with van der Waals surface area (Å²) in [6.07, 6.45) is 1.46. The molecule has 2 aromatic carbocycles. The van der Waals surface area contributed by atoms with E-state index in [0.717, 1.165) is 5.56 Å². The summed E-state index contributed by atoms with van der Waals surface area (Å²) < 4.78 is 0. The van der Waals surface area contributed by atoms with Crippen molar-refractivity contribution in [2.24, 2.45) is 0 Å². The van der Waals surface area contributed by atoms with E-state index in [-0.39, 0.29) is 11.7 Å². The number of anilines is 2. The first-order valence-corrected chi connectivity index (χ1v) is 8.08. The van der Waals surface area contributed by atoms with Crippen molar-refractivity contribution in [1.82, 2.24) is 9.97 Å². The Morgan fingerprint density at radius 3 is 2.64 bits per heavy atom. The largest absolute Gasteiger partial charge is 0.380 e.